The Kier molecular flexibility index (Phi) is 5.71. The Bertz CT molecular complexity index is 1760. The monoisotopic (exact) mass is 500 g/mol. The fraction of sp³-hybridized carbons (Fsp3) is 0.0270. The Morgan fingerprint density at radius 2 is 0.974 bits per heavy atom. The molecule has 39 heavy (non-hydrogen) atoms. The van der Waals surface area contributed by atoms with Gasteiger partial charge in [0, 0.05) is 29.5 Å². The van der Waals surface area contributed by atoms with E-state index >= 15 is 0 Å². The number of hydrogen-bond acceptors (Lipinski definition) is 2. The summed E-state index contributed by atoms with van der Waals surface area (Å²) in [6.07, 6.45) is 0. The minimum absolute atomic E-state index is 1.14. The molecule has 6 aromatic rings. The molecule has 0 saturated heterocycles. The van der Waals surface area contributed by atoms with Crippen LogP contribution in [0.25, 0.3) is 33.4 Å². The molecule has 186 valence electrons. The van der Waals surface area contributed by atoms with E-state index in [1.165, 1.54) is 44.8 Å². The fourth-order valence-electron chi connectivity index (χ4n) is 5.72. The molecular weight excluding hydrogens is 472 g/mol. The maximum Gasteiger partial charge on any atom is 0.0778 e. The minimum atomic E-state index is 1.14. The van der Waals surface area contributed by atoms with Crippen molar-refractivity contribution < 1.29 is 0 Å². The SMILES string of the molecule is CN(c1ccc(-c2ccccc2)cc1)c1cccc2c1N(c1ccccc1)c1ccccc1-c1ccccc1-2. The summed E-state index contributed by atoms with van der Waals surface area (Å²) >= 11 is 0. The normalized spacial score (nSPS) is 11.7. The van der Waals surface area contributed by atoms with Crippen LogP contribution in [0.1, 0.15) is 0 Å². The van der Waals surface area contributed by atoms with E-state index in [0.717, 1.165) is 17.1 Å². The van der Waals surface area contributed by atoms with Crippen LogP contribution in [0.2, 0.25) is 0 Å². The molecule has 0 N–H and O–H groups in total. The quantitative estimate of drug-likeness (QED) is 0.237. The lowest BCUT2D eigenvalue weighted by atomic mass is 9.94. The van der Waals surface area contributed by atoms with Crippen LogP contribution in [0, 0.1) is 0 Å². The Balaban J connectivity index is 1.45. The van der Waals surface area contributed by atoms with E-state index in [-0.39, 0.29) is 0 Å². The van der Waals surface area contributed by atoms with Gasteiger partial charge in [0.05, 0.1) is 17.1 Å². The number of nitrogens with zero attached hydrogens (tertiary/aromatic N) is 2. The Hall–Kier alpha value is -5.08. The maximum atomic E-state index is 2.43. The van der Waals surface area contributed by atoms with Gasteiger partial charge in [0.1, 0.15) is 0 Å². The lowest BCUT2D eigenvalue weighted by Crippen LogP contribution is -2.17. The summed E-state index contributed by atoms with van der Waals surface area (Å²) in [6, 6.07) is 54.3. The van der Waals surface area contributed by atoms with E-state index in [0.29, 0.717) is 0 Å². The van der Waals surface area contributed by atoms with Crippen LogP contribution in [0.15, 0.2) is 152 Å². The highest BCUT2D eigenvalue weighted by Crippen LogP contribution is 2.54. The molecule has 0 amide bonds. The Labute approximate surface area is 230 Å². The topological polar surface area (TPSA) is 6.48 Å². The van der Waals surface area contributed by atoms with Crippen molar-refractivity contribution in [1.29, 1.82) is 0 Å². The van der Waals surface area contributed by atoms with Crippen LogP contribution >= 0.6 is 0 Å². The largest absolute Gasteiger partial charge is 0.343 e. The fourth-order valence-corrected chi connectivity index (χ4v) is 5.72. The third-order valence-electron chi connectivity index (χ3n) is 7.63. The third kappa shape index (κ3) is 3.98. The van der Waals surface area contributed by atoms with Crippen LogP contribution in [0.3, 0.4) is 0 Å². The molecule has 1 heterocycles. The molecule has 0 fully saturated rings. The second kappa shape index (κ2) is 9.66. The number of para-hydroxylation sites is 3. The van der Waals surface area contributed by atoms with Crippen LogP contribution < -0.4 is 9.80 Å². The molecule has 2 nitrogen and oxygen atoms in total. The van der Waals surface area contributed by atoms with Crippen molar-refractivity contribution in [2.75, 3.05) is 16.8 Å². The number of anilines is 5. The van der Waals surface area contributed by atoms with Crippen molar-refractivity contribution in [3.63, 3.8) is 0 Å². The first-order chi connectivity index (χ1) is 19.3. The summed E-state index contributed by atoms with van der Waals surface area (Å²) in [7, 11) is 2.17. The Morgan fingerprint density at radius 1 is 0.436 bits per heavy atom. The summed E-state index contributed by atoms with van der Waals surface area (Å²) in [4.78, 5) is 4.73. The second-order valence-electron chi connectivity index (χ2n) is 9.88. The van der Waals surface area contributed by atoms with Crippen LogP contribution in [0.5, 0.6) is 0 Å². The van der Waals surface area contributed by atoms with E-state index in [1.807, 2.05) is 0 Å². The summed E-state index contributed by atoms with van der Waals surface area (Å²) in [5.41, 5.74) is 13.2. The van der Waals surface area contributed by atoms with Crippen molar-refractivity contribution >= 4 is 28.4 Å². The molecule has 0 saturated carbocycles. The zero-order valence-electron chi connectivity index (χ0n) is 21.8. The molecule has 1 aliphatic heterocycles. The van der Waals surface area contributed by atoms with Gasteiger partial charge >= 0.3 is 0 Å². The zero-order chi connectivity index (χ0) is 26.2. The number of fused-ring (bicyclic) bond motifs is 5. The lowest BCUT2D eigenvalue weighted by Gasteiger charge is -2.32. The van der Waals surface area contributed by atoms with Crippen molar-refractivity contribution in [2.24, 2.45) is 0 Å². The van der Waals surface area contributed by atoms with Gasteiger partial charge in [-0.15, -0.1) is 0 Å². The smallest absolute Gasteiger partial charge is 0.0778 e. The van der Waals surface area contributed by atoms with Gasteiger partial charge in [-0.1, -0.05) is 115 Å². The van der Waals surface area contributed by atoms with E-state index < -0.39 is 0 Å². The molecule has 0 aliphatic carbocycles. The standard InChI is InChI=1S/C37H28N2/c1-38(29-25-23-28(24-26-29)27-13-4-2-5-14-27)36-22-12-20-34-32-18-9-8-17-31(32)33-19-10-11-21-35(33)39(37(34)36)30-15-6-3-7-16-30/h2-26H,1H3. The molecule has 6 aromatic carbocycles. The Morgan fingerprint density at radius 3 is 1.69 bits per heavy atom. The maximum absolute atomic E-state index is 2.43. The van der Waals surface area contributed by atoms with E-state index in [9.17, 15) is 0 Å². The van der Waals surface area contributed by atoms with Gasteiger partial charge in [-0.2, -0.15) is 0 Å². The highest BCUT2D eigenvalue weighted by molar-refractivity contribution is 6.06. The molecule has 0 radical (unpaired) electrons. The average Bonchev–Trinajstić information content (AvgIpc) is 3.14. The number of hydrogen-bond donors (Lipinski definition) is 0. The first-order valence-corrected chi connectivity index (χ1v) is 13.4. The molecule has 0 atom stereocenters. The highest BCUT2D eigenvalue weighted by atomic mass is 15.2. The summed E-state index contributed by atoms with van der Waals surface area (Å²) in [5.74, 6) is 0. The van der Waals surface area contributed by atoms with Gasteiger partial charge in [-0.25, -0.2) is 0 Å². The van der Waals surface area contributed by atoms with Gasteiger partial charge in [0.25, 0.3) is 0 Å². The summed E-state index contributed by atoms with van der Waals surface area (Å²) in [5, 5.41) is 0. The van der Waals surface area contributed by atoms with Gasteiger partial charge in [0.15, 0.2) is 0 Å². The van der Waals surface area contributed by atoms with E-state index in [1.54, 1.807) is 0 Å². The highest BCUT2D eigenvalue weighted by Gasteiger charge is 2.29. The molecule has 0 aromatic heterocycles. The summed E-state index contributed by atoms with van der Waals surface area (Å²) in [6.45, 7) is 0. The third-order valence-corrected chi connectivity index (χ3v) is 7.63. The second-order valence-corrected chi connectivity index (χ2v) is 9.88. The predicted molar refractivity (Wildman–Crippen MR) is 165 cm³/mol. The zero-order valence-corrected chi connectivity index (χ0v) is 21.8. The van der Waals surface area contributed by atoms with Gasteiger partial charge in [-0.3, -0.25) is 0 Å². The lowest BCUT2D eigenvalue weighted by molar-refractivity contribution is 1.18. The molecule has 0 bridgehead atoms. The van der Waals surface area contributed by atoms with Crippen molar-refractivity contribution in [3.05, 3.63) is 152 Å². The molecule has 1 aliphatic rings. The van der Waals surface area contributed by atoms with E-state index in [4.69, 9.17) is 0 Å². The first kappa shape index (κ1) is 23.1. The number of benzene rings is 6. The minimum Gasteiger partial charge on any atom is -0.343 e. The summed E-state index contributed by atoms with van der Waals surface area (Å²) < 4.78 is 0. The first-order valence-electron chi connectivity index (χ1n) is 13.4. The van der Waals surface area contributed by atoms with Gasteiger partial charge in [0.2, 0.25) is 0 Å². The van der Waals surface area contributed by atoms with Gasteiger partial charge in [-0.05, 0) is 58.7 Å². The molecule has 7 rings (SSSR count). The predicted octanol–water partition coefficient (Wildman–Crippen LogP) is 10.2. The van der Waals surface area contributed by atoms with Crippen molar-refractivity contribution in [1.82, 2.24) is 0 Å². The van der Waals surface area contributed by atoms with Crippen LogP contribution in [-0.2, 0) is 0 Å². The van der Waals surface area contributed by atoms with E-state index in [2.05, 4.69) is 169 Å². The molecule has 2 heteroatoms. The molecule has 0 unspecified atom stereocenters. The van der Waals surface area contributed by atoms with Crippen molar-refractivity contribution in [3.8, 4) is 33.4 Å². The molecular formula is C37H28N2. The molecule has 0 spiro atoms. The van der Waals surface area contributed by atoms with Crippen LogP contribution in [0.4, 0.5) is 28.4 Å². The number of rotatable bonds is 4. The van der Waals surface area contributed by atoms with Crippen LogP contribution in [-0.4, -0.2) is 7.05 Å². The van der Waals surface area contributed by atoms with Crippen molar-refractivity contribution in [2.45, 2.75) is 0 Å². The van der Waals surface area contributed by atoms with Gasteiger partial charge < -0.3 is 9.80 Å². The average molecular weight is 501 g/mol.